The Balaban J connectivity index is 1.65. The second kappa shape index (κ2) is 6.44. The van der Waals surface area contributed by atoms with Crippen LogP contribution in [0.1, 0.15) is 36.1 Å². The molecule has 0 saturated heterocycles. The third kappa shape index (κ3) is 3.50. The highest BCUT2D eigenvalue weighted by Gasteiger charge is 2.25. The molecule has 0 unspecified atom stereocenters. The largest absolute Gasteiger partial charge is 0.383 e. The van der Waals surface area contributed by atoms with Crippen LogP contribution in [0.4, 0.5) is 5.82 Å². The molecule has 3 aromatic rings. The molecule has 0 fully saturated rings. The minimum Gasteiger partial charge on any atom is -0.383 e. The van der Waals surface area contributed by atoms with E-state index in [0.29, 0.717) is 5.82 Å². The molecule has 3 N–H and O–H groups in total. The minimum atomic E-state index is 0.0187. The summed E-state index contributed by atoms with van der Waals surface area (Å²) in [5, 5.41) is 5.53. The van der Waals surface area contributed by atoms with Gasteiger partial charge in [-0.05, 0) is 39.0 Å². The SMILES string of the molecule is Cc1ccc2cnc(N)c(C#Cc3ccc(C4=NCC(C)(C)N4)cc3)c2c1. The third-order valence-corrected chi connectivity index (χ3v) is 4.66. The number of aliphatic imine (C=N–C) groups is 1. The number of nitrogens with zero attached hydrogens (tertiary/aromatic N) is 2. The summed E-state index contributed by atoms with van der Waals surface area (Å²) in [4.78, 5) is 8.86. The molecule has 4 rings (SSSR count). The number of benzene rings is 2. The summed E-state index contributed by atoms with van der Waals surface area (Å²) in [5.41, 5.74) is 10.1. The predicted octanol–water partition coefficient (Wildman–Crippen LogP) is 3.65. The van der Waals surface area contributed by atoms with Crippen molar-refractivity contribution in [1.82, 2.24) is 10.3 Å². The number of hydrogen-bond donors (Lipinski definition) is 2. The lowest BCUT2D eigenvalue weighted by Crippen LogP contribution is -2.39. The molecule has 2 aromatic carbocycles. The molecule has 0 spiro atoms. The van der Waals surface area contributed by atoms with Crippen LogP contribution >= 0.6 is 0 Å². The van der Waals surface area contributed by atoms with Crippen LogP contribution in [0.5, 0.6) is 0 Å². The quantitative estimate of drug-likeness (QED) is 0.656. The first-order chi connectivity index (χ1) is 12.9. The molecule has 27 heavy (non-hydrogen) atoms. The zero-order valence-electron chi connectivity index (χ0n) is 15.8. The lowest BCUT2D eigenvalue weighted by Gasteiger charge is -2.18. The van der Waals surface area contributed by atoms with Crippen molar-refractivity contribution in [3.05, 3.63) is 70.9 Å². The summed E-state index contributed by atoms with van der Waals surface area (Å²) < 4.78 is 0. The molecule has 0 bridgehead atoms. The van der Waals surface area contributed by atoms with E-state index >= 15 is 0 Å². The van der Waals surface area contributed by atoms with Gasteiger partial charge >= 0.3 is 0 Å². The minimum absolute atomic E-state index is 0.0187. The molecular formula is C23H22N4. The standard InChI is InChI=1S/C23H22N4/c1-15-4-8-18-13-25-21(24)19(20(18)12-15)11-7-16-5-9-17(10-6-16)22-26-14-23(2,3)27-22/h4-6,8-10,12-13H,14H2,1-3H3,(H2,24,25)(H,26,27). The van der Waals surface area contributed by atoms with E-state index in [4.69, 9.17) is 5.73 Å². The van der Waals surface area contributed by atoms with Gasteiger partial charge in [0.25, 0.3) is 0 Å². The number of aromatic nitrogens is 1. The van der Waals surface area contributed by atoms with Crippen LogP contribution in [0.15, 0.2) is 53.7 Å². The highest BCUT2D eigenvalue weighted by molar-refractivity contribution is 6.00. The van der Waals surface area contributed by atoms with Crippen molar-refractivity contribution in [2.75, 3.05) is 12.3 Å². The number of hydrogen-bond acceptors (Lipinski definition) is 4. The highest BCUT2D eigenvalue weighted by Crippen LogP contribution is 2.23. The summed E-state index contributed by atoms with van der Waals surface area (Å²) in [5.74, 6) is 7.84. The number of amidine groups is 1. The first-order valence-corrected chi connectivity index (χ1v) is 9.01. The maximum atomic E-state index is 6.10. The van der Waals surface area contributed by atoms with Gasteiger partial charge in [-0.25, -0.2) is 4.98 Å². The number of anilines is 1. The summed E-state index contributed by atoms with van der Waals surface area (Å²) >= 11 is 0. The van der Waals surface area contributed by atoms with Gasteiger partial charge in [0.1, 0.15) is 11.7 Å². The van der Waals surface area contributed by atoms with Crippen LogP contribution in [-0.2, 0) is 0 Å². The van der Waals surface area contributed by atoms with Gasteiger partial charge in [0.15, 0.2) is 0 Å². The third-order valence-electron chi connectivity index (χ3n) is 4.66. The first-order valence-electron chi connectivity index (χ1n) is 9.01. The maximum Gasteiger partial charge on any atom is 0.139 e. The van der Waals surface area contributed by atoms with E-state index in [1.807, 2.05) is 30.3 Å². The molecule has 1 aliphatic rings. The van der Waals surface area contributed by atoms with Gasteiger partial charge in [0.2, 0.25) is 0 Å². The van der Waals surface area contributed by atoms with Gasteiger partial charge < -0.3 is 11.1 Å². The molecule has 0 aliphatic carbocycles. The zero-order valence-corrected chi connectivity index (χ0v) is 15.8. The Hall–Kier alpha value is -3.32. The van der Waals surface area contributed by atoms with E-state index in [2.05, 4.69) is 60.0 Å². The van der Waals surface area contributed by atoms with Crippen LogP contribution in [0.25, 0.3) is 10.8 Å². The van der Waals surface area contributed by atoms with Crippen molar-refractivity contribution < 1.29 is 0 Å². The van der Waals surface area contributed by atoms with Crippen molar-refractivity contribution in [3.8, 4) is 11.8 Å². The first kappa shape index (κ1) is 17.1. The molecule has 0 amide bonds. The van der Waals surface area contributed by atoms with Gasteiger partial charge in [-0.1, -0.05) is 41.7 Å². The fourth-order valence-electron chi connectivity index (χ4n) is 3.16. The van der Waals surface area contributed by atoms with Gasteiger partial charge in [-0.15, -0.1) is 0 Å². The zero-order chi connectivity index (χ0) is 19.0. The van der Waals surface area contributed by atoms with Gasteiger partial charge in [-0.2, -0.15) is 0 Å². The van der Waals surface area contributed by atoms with Gasteiger partial charge in [0, 0.05) is 28.1 Å². The molecule has 1 aliphatic heterocycles. The number of rotatable bonds is 1. The van der Waals surface area contributed by atoms with Crippen molar-refractivity contribution >= 4 is 22.4 Å². The maximum absolute atomic E-state index is 6.10. The predicted molar refractivity (Wildman–Crippen MR) is 112 cm³/mol. The fourth-order valence-corrected chi connectivity index (χ4v) is 3.16. The fraction of sp³-hybridized carbons (Fsp3) is 0.217. The molecule has 2 heterocycles. The molecular weight excluding hydrogens is 332 g/mol. The molecule has 0 atom stereocenters. The second-order valence-corrected chi connectivity index (χ2v) is 7.61. The number of nitrogen functional groups attached to an aromatic ring is 1. The summed E-state index contributed by atoms with van der Waals surface area (Å²) in [7, 11) is 0. The Morgan fingerprint density at radius 1 is 1.07 bits per heavy atom. The van der Waals surface area contributed by atoms with Gasteiger partial charge in [-0.3, -0.25) is 4.99 Å². The Morgan fingerprint density at radius 2 is 1.85 bits per heavy atom. The van der Waals surface area contributed by atoms with Crippen molar-refractivity contribution in [1.29, 1.82) is 0 Å². The summed E-state index contributed by atoms with van der Waals surface area (Å²) in [6.07, 6.45) is 1.79. The average Bonchev–Trinajstić information content (AvgIpc) is 3.01. The van der Waals surface area contributed by atoms with Crippen LogP contribution in [0, 0.1) is 18.8 Å². The van der Waals surface area contributed by atoms with Crippen molar-refractivity contribution in [3.63, 3.8) is 0 Å². The molecule has 0 radical (unpaired) electrons. The lowest BCUT2D eigenvalue weighted by atomic mass is 10.0. The van der Waals surface area contributed by atoms with E-state index in [1.165, 1.54) is 5.56 Å². The number of nitrogens with two attached hydrogens (primary N) is 1. The smallest absolute Gasteiger partial charge is 0.139 e. The van der Waals surface area contributed by atoms with E-state index in [9.17, 15) is 0 Å². The number of aryl methyl sites for hydroxylation is 1. The normalized spacial score (nSPS) is 15.0. The summed E-state index contributed by atoms with van der Waals surface area (Å²) in [6, 6.07) is 14.3. The molecule has 134 valence electrons. The second-order valence-electron chi connectivity index (χ2n) is 7.61. The topological polar surface area (TPSA) is 63.3 Å². The van der Waals surface area contributed by atoms with E-state index in [1.54, 1.807) is 6.20 Å². The van der Waals surface area contributed by atoms with Crippen LogP contribution in [-0.4, -0.2) is 22.9 Å². The molecule has 1 aromatic heterocycles. The Labute approximate surface area is 159 Å². The Bertz CT molecular complexity index is 1110. The van der Waals surface area contributed by atoms with Crippen LogP contribution in [0.2, 0.25) is 0 Å². The highest BCUT2D eigenvalue weighted by atomic mass is 15.1. The molecule has 0 saturated carbocycles. The van der Waals surface area contributed by atoms with Gasteiger partial charge in [0.05, 0.1) is 17.6 Å². The van der Waals surface area contributed by atoms with Crippen molar-refractivity contribution in [2.24, 2.45) is 4.99 Å². The van der Waals surface area contributed by atoms with E-state index in [0.717, 1.165) is 39.8 Å². The number of nitrogens with one attached hydrogen (secondary N) is 1. The molecule has 4 heteroatoms. The summed E-state index contributed by atoms with van der Waals surface area (Å²) in [6.45, 7) is 7.14. The van der Waals surface area contributed by atoms with Crippen LogP contribution < -0.4 is 11.1 Å². The monoisotopic (exact) mass is 354 g/mol. The van der Waals surface area contributed by atoms with E-state index < -0.39 is 0 Å². The average molecular weight is 354 g/mol. The van der Waals surface area contributed by atoms with Crippen molar-refractivity contribution in [2.45, 2.75) is 26.3 Å². The van der Waals surface area contributed by atoms with Crippen LogP contribution in [0.3, 0.4) is 0 Å². The Kier molecular flexibility index (Phi) is 4.08. The molecule has 4 nitrogen and oxygen atoms in total. The van der Waals surface area contributed by atoms with E-state index in [-0.39, 0.29) is 5.54 Å². The number of fused-ring (bicyclic) bond motifs is 1. The number of pyridine rings is 1. The Morgan fingerprint density at radius 3 is 2.56 bits per heavy atom. The lowest BCUT2D eigenvalue weighted by molar-refractivity contribution is 0.506.